The second kappa shape index (κ2) is 6.78. The van der Waals surface area contributed by atoms with Gasteiger partial charge in [-0.1, -0.05) is 0 Å². The summed E-state index contributed by atoms with van der Waals surface area (Å²) in [5.74, 6) is 2.32. The highest BCUT2D eigenvalue weighted by atomic mass is 32.2. The fourth-order valence-electron chi connectivity index (χ4n) is 1.75. The number of amides is 1. The minimum atomic E-state index is -0.546. The first-order valence-corrected chi connectivity index (χ1v) is 6.74. The number of ether oxygens (including phenoxy) is 1. The van der Waals surface area contributed by atoms with Crippen LogP contribution >= 0.6 is 11.8 Å². The molecule has 0 spiro atoms. The first-order valence-electron chi connectivity index (χ1n) is 5.58. The highest BCUT2D eigenvalue weighted by Crippen LogP contribution is 2.25. The lowest BCUT2D eigenvalue weighted by Crippen LogP contribution is -2.40. The highest BCUT2D eigenvalue weighted by molar-refractivity contribution is 7.99. The van der Waals surface area contributed by atoms with E-state index < -0.39 is 12.0 Å². The monoisotopic (exact) mass is 245 g/mol. The molecule has 1 unspecified atom stereocenters. The largest absolute Gasteiger partial charge is 0.467 e. The number of carbonyl (C=O) groups excluding carboxylic acids is 2. The zero-order valence-corrected chi connectivity index (χ0v) is 10.6. The summed E-state index contributed by atoms with van der Waals surface area (Å²) in [6.07, 6.45) is 2.73. The lowest BCUT2D eigenvalue weighted by atomic mass is 9.98. The molecule has 16 heavy (non-hydrogen) atoms. The number of hydrogen-bond donors (Lipinski definition) is 1. The van der Waals surface area contributed by atoms with Gasteiger partial charge < -0.3 is 10.1 Å². The molecule has 0 radical (unpaired) electrons. The topological polar surface area (TPSA) is 55.4 Å². The molecular formula is C11H19NO3S. The number of nitrogens with one attached hydrogen (secondary N) is 1. The fraction of sp³-hybridized carbons (Fsp3) is 0.818. The van der Waals surface area contributed by atoms with E-state index in [1.807, 2.05) is 11.8 Å². The Balaban J connectivity index is 2.26. The van der Waals surface area contributed by atoms with Gasteiger partial charge in [0, 0.05) is 6.42 Å². The van der Waals surface area contributed by atoms with Crippen LogP contribution in [-0.2, 0) is 14.3 Å². The molecule has 1 saturated heterocycles. The minimum absolute atomic E-state index is 0.0465. The summed E-state index contributed by atoms with van der Waals surface area (Å²) in [7, 11) is 1.32. The molecule has 0 aromatic heterocycles. The molecule has 1 aliphatic heterocycles. The molecule has 1 amide bonds. The number of esters is 1. The number of thioether (sulfide) groups is 1. The average molecular weight is 245 g/mol. The standard InChI is InChI=1S/C11H19NO3S/c1-8(11(14)15-2)12-10(13)7-9-3-5-16-6-4-9/h8-9H,3-7H2,1-2H3,(H,12,13). The van der Waals surface area contributed by atoms with E-state index >= 15 is 0 Å². The number of hydrogen-bond acceptors (Lipinski definition) is 4. The molecule has 1 heterocycles. The molecule has 0 bridgehead atoms. The number of rotatable bonds is 4. The lowest BCUT2D eigenvalue weighted by Gasteiger charge is -2.21. The van der Waals surface area contributed by atoms with E-state index in [4.69, 9.17) is 0 Å². The molecule has 1 fully saturated rings. The molecule has 0 saturated carbocycles. The van der Waals surface area contributed by atoms with Crippen molar-refractivity contribution in [2.24, 2.45) is 5.92 Å². The van der Waals surface area contributed by atoms with Gasteiger partial charge in [-0.3, -0.25) is 4.79 Å². The smallest absolute Gasteiger partial charge is 0.328 e. The van der Waals surface area contributed by atoms with Crippen molar-refractivity contribution in [3.63, 3.8) is 0 Å². The summed E-state index contributed by atoms with van der Waals surface area (Å²) >= 11 is 1.94. The Hall–Kier alpha value is -0.710. The molecule has 0 aromatic carbocycles. The molecule has 0 aliphatic carbocycles. The SMILES string of the molecule is COC(=O)C(C)NC(=O)CC1CCSCC1. The van der Waals surface area contributed by atoms with E-state index in [1.54, 1.807) is 6.92 Å². The van der Waals surface area contributed by atoms with Gasteiger partial charge >= 0.3 is 5.97 Å². The van der Waals surface area contributed by atoms with Crippen LogP contribution in [0.2, 0.25) is 0 Å². The van der Waals surface area contributed by atoms with Gasteiger partial charge in [-0.15, -0.1) is 0 Å². The second-order valence-corrected chi connectivity index (χ2v) is 5.30. The summed E-state index contributed by atoms with van der Waals surface area (Å²) in [4.78, 5) is 22.7. The van der Waals surface area contributed by atoms with Crippen molar-refractivity contribution in [1.29, 1.82) is 0 Å². The van der Waals surface area contributed by atoms with E-state index in [0.717, 1.165) is 24.3 Å². The van der Waals surface area contributed by atoms with Crippen molar-refractivity contribution in [2.75, 3.05) is 18.6 Å². The Bertz CT molecular complexity index is 252. The Morgan fingerprint density at radius 1 is 1.44 bits per heavy atom. The summed E-state index contributed by atoms with van der Waals surface area (Å²) in [5.41, 5.74) is 0. The predicted octanol–water partition coefficient (Wildman–Crippen LogP) is 1.20. The molecular weight excluding hydrogens is 226 g/mol. The average Bonchev–Trinajstić information content (AvgIpc) is 2.29. The highest BCUT2D eigenvalue weighted by Gasteiger charge is 2.20. The van der Waals surface area contributed by atoms with Crippen molar-refractivity contribution >= 4 is 23.6 Å². The van der Waals surface area contributed by atoms with E-state index in [-0.39, 0.29) is 5.91 Å². The van der Waals surface area contributed by atoms with Gasteiger partial charge in [0.2, 0.25) is 5.91 Å². The van der Waals surface area contributed by atoms with Gasteiger partial charge in [0.1, 0.15) is 6.04 Å². The maximum atomic E-state index is 11.6. The van der Waals surface area contributed by atoms with E-state index in [0.29, 0.717) is 12.3 Å². The zero-order valence-electron chi connectivity index (χ0n) is 9.82. The minimum Gasteiger partial charge on any atom is -0.467 e. The molecule has 1 rings (SSSR count). The lowest BCUT2D eigenvalue weighted by molar-refractivity contribution is -0.144. The van der Waals surface area contributed by atoms with Crippen LogP contribution < -0.4 is 5.32 Å². The Morgan fingerprint density at radius 3 is 2.62 bits per heavy atom. The maximum Gasteiger partial charge on any atom is 0.328 e. The van der Waals surface area contributed by atoms with Crippen molar-refractivity contribution in [1.82, 2.24) is 5.32 Å². The van der Waals surface area contributed by atoms with E-state index in [1.165, 1.54) is 7.11 Å². The van der Waals surface area contributed by atoms with E-state index in [2.05, 4.69) is 10.1 Å². The van der Waals surface area contributed by atoms with Crippen LogP contribution in [-0.4, -0.2) is 36.5 Å². The summed E-state index contributed by atoms with van der Waals surface area (Å²) in [5, 5.41) is 2.66. The van der Waals surface area contributed by atoms with Crippen molar-refractivity contribution in [3.8, 4) is 0 Å². The molecule has 4 nitrogen and oxygen atoms in total. The van der Waals surface area contributed by atoms with Crippen LogP contribution in [0.1, 0.15) is 26.2 Å². The zero-order chi connectivity index (χ0) is 12.0. The third-order valence-electron chi connectivity index (χ3n) is 2.75. The number of carbonyl (C=O) groups is 2. The van der Waals surface area contributed by atoms with E-state index in [9.17, 15) is 9.59 Å². The fourth-order valence-corrected chi connectivity index (χ4v) is 2.95. The van der Waals surface area contributed by atoms with Crippen LogP contribution in [0.25, 0.3) is 0 Å². The van der Waals surface area contributed by atoms with Gasteiger partial charge in [-0.05, 0) is 37.2 Å². The molecule has 1 aliphatic rings. The molecule has 1 atom stereocenters. The van der Waals surface area contributed by atoms with Gasteiger partial charge in [-0.25, -0.2) is 4.79 Å². The quantitative estimate of drug-likeness (QED) is 0.756. The summed E-state index contributed by atoms with van der Waals surface area (Å²) < 4.78 is 4.55. The van der Waals surface area contributed by atoms with Crippen molar-refractivity contribution < 1.29 is 14.3 Å². The van der Waals surface area contributed by atoms with Crippen LogP contribution in [0.4, 0.5) is 0 Å². The number of methoxy groups -OCH3 is 1. The summed E-state index contributed by atoms with van der Waals surface area (Å²) in [6, 6.07) is -0.546. The maximum absolute atomic E-state index is 11.6. The molecule has 92 valence electrons. The van der Waals surface area contributed by atoms with Crippen LogP contribution in [0, 0.1) is 5.92 Å². The molecule has 1 N–H and O–H groups in total. The van der Waals surface area contributed by atoms with Gasteiger partial charge in [-0.2, -0.15) is 11.8 Å². The summed E-state index contributed by atoms with van der Waals surface area (Å²) in [6.45, 7) is 1.64. The molecule has 0 aromatic rings. The third-order valence-corrected chi connectivity index (χ3v) is 3.80. The third kappa shape index (κ3) is 4.43. The van der Waals surface area contributed by atoms with Crippen molar-refractivity contribution in [3.05, 3.63) is 0 Å². The normalized spacial score (nSPS) is 18.9. The van der Waals surface area contributed by atoms with Gasteiger partial charge in [0.25, 0.3) is 0 Å². The Kier molecular flexibility index (Phi) is 5.66. The Morgan fingerprint density at radius 2 is 2.06 bits per heavy atom. The Labute approximate surface area is 100 Å². The molecule has 5 heteroatoms. The van der Waals surface area contributed by atoms with Gasteiger partial charge in [0.05, 0.1) is 7.11 Å². The second-order valence-electron chi connectivity index (χ2n) is 4.07. The van der Waals surface area contributed by atoms with Gasteiger partial charge in [0.15, 0.2) is 0 Å². The first kappa shape index (κ1) is 13.4. The van der Waals surface area contributed by atoms with Crippen molar-refractivity contribution in [2.45, 2.75) is 32.2 Å². The predicted molar refractivity (Wildman–Crippen MR) is 64.3 cm³/mol. The van der Waals surface area contributed by atoms with Crippen LogP contribution in [0.15, 0.2) is 0 Å². The van der Waals surface area contributed by atoms with Crippen LogP contribution in [0.5, 0.6) is 0 Å². The van der Waals surface area contributed by atoms with Crippen LogP contribution in [0.3, 0.4) is 0 Å². The first-order chi connectivity index (χ1) is 7.63.